The first-order valence-electron chi connectivity index (χ1n) is 7.96. The zero-order valence-electron chi connectivity index (χ0n) is 13.7. The first kappa shape index (κ1) is 18.5. The number of benzene rings is 2. The third-order valence-electron chi connectivity index (χ3n) is 4.54. The zero-order valence-corrected chi connectivity index (χ0v) is 14.5. The molecule has 5 nitrogen and oxygen atoms in total. The molecule has 1 aliphatic carbocycles. The summed E-state index contributed by atoms with van der Waals surface area (Å²) in [6, 6.07) is 12.1. The van der Waals surface area contributed by atoms with Crippen molar-refractivity contribution in [3.8, 4) is 0 Å². The minimum Gasteiger partial charge on any atom is -0.383 e. The van der Waals surface area contributed by atoms with Gasteiger partial charge in [-0.05, 0) is 36.1 Å². The van der Waals surface area contributed by atoms with Crippen LogP contribution in [0.4, 0.5) is 8.78 Å². The van der Waals surface area contributed by atoms with Gasteiger partial charge in [0.1, 0.15) is 5.60 Å². The van der Waals surface area contributed by atoms with Gasteiger partial charge in [-0.25, -0.2) is 8.42 Å². The fraction of sp³-hybridized carbons (Fsp3) is 0.278. The van der Waals surface area contributed by atoms with Crippen LogP contribution in [0.2, 0.25) is 0 Å². The van der Waals surface area contributed by atoms with Crippen LogP contribution in [0.3, 0.4) is 0 Å². The summed E-state index contributed by atoms with van der Waals surface area (Å²) >= 11 is 0. The zero-order chi connectivity index (χ0) is 18.9. The second kappa shape index (κ2) is 6.77. The number of fused-ring (bicyclic) bond motifs is 1. The van der Waals surface area contributed by atoms with Gasteiger partial charge in [0, 0.05) is 0 Å². The second-order valence-corrected chi connectivity index (χ2v) is 8.06. The molecule has 138 valence electrons. The Morgan fingerprint density at radius 2 is 1.81 bits per heavy atom. The first-order chi connectivity index (χ1) is 12.3. The molecular weight excluding hydrogens is 364 g/mol. The van der Waals surface area contributed by atoms with Crippen molar-refractivity contribution in [1.29, 1.82) is 0 Å². The molecule has 0 unspecified atom stereocenters. The molecule has 0 fully saturated rings. The molecule has 0 aliphatic heterocycles. The number of aryl methyl sites for hydroxylation is 1. The van der Waals surface area contributed by atoms with E-state index in [1.54, 1.807) is 12.1 Å². The van der Waals surface area contributed by atoms with Gasteiger partial charge < -0.3 is 10.4 Å². The maximum atomic E-state index is 12.8. The molecule has 0 heterocycles. The number of alkyl halides is 2. The van der Waals surface area contributed by atoms with E-state index in [1.807, 2.05) is 12.1 Å². The normalized spacial score (nSPS) is 19.4. The van der Waals surface area contributed by atoms with E-state index in [1.165, 1.54) is 12.1 Å². The summed E-state index contributed by atoms with van der Waals surface area (Å²) in [7, 11) is -4.91. The van der Waals surface area contributed by atoms with Crippen molar-refractivity contribution >= 4 is 15.7 Å². The fourth-order valence-electron chi connectivity index (χ4n) is 3.17. The Morgan fingerprint density at radius 3 is 2.54 bits per heavy atom. The SMILES string of the molecule is O=C(NC[C@]1(O)CCc2ccccc21)c1ccccc1S(=O)(=O)C(F)F. The molecule has 8 heteroatoms. The number of carbonyl (C=O) groups is 1. The van der Waals surface area contributed by atoms with Gasteiger partial charge in [-0.15, -0.1) is 0 Å². The van der Waals surface area contributed by atoms with E-state index >= 15 is 0 Å². The van der Waals surface area contributed by atoms with Gasteiger partial charge in [0.15, 0.2) is 0 Å². The molecule has 1 aliphatic rings. The lowest BCUT2D eigenvalue weighted by molar-refractivity contribution is 0.0369. The van der Waals surface area contributed by atoms with Gasteiger partial charge in [0.05, 0.1) is 17.0 Å². The summed E-state index contributed by atoms with van der Waals surface area (Å²) in [5.74, 6) is -4.45. The van der Waals surface area contributed by atoms with Gasteiger partial charge in [0.2, 0.25) is 9.84 Å². The third kappa shape index (κ3) is 3.22. The van der Waals surface area contributed by atoms with Gasteiger partial charge >= 0.3 is 5.76 Å². The lowest BCUT2D eigenvalue weighted by atomic mass is 9.96. The van der Waals surface area contributed by atoms with Crippen molar-refractivity contribution in [2.75, 3.05) is 6.54 Å². The summed E-state index contributed by atoms with van der Waals surface area (Å²) in [6.45, 7) is -0.147. The van der Waals surface area contributed by atoms with Crippen LogP contribution in [0.5, 0.6) is 0 Å². The molecule has 2 aromatic carbocycles. The molecule has 2 aromatic rings. The molecular formula is C18H17F2NO4S. The molecule has 0 saturated heterocycles. The highest BCUT2D eigenvalue weighted by atomic mass is 32.2. The minimum absolute atomic E-state index is 0.147. The Morgan fingerprint density at radius 1 is 1.15 bits per heavy atom. The Kier molecular flexibility index (Phi) is 4.81. The predicted octanol–water partition coefficient (Wildman–Crippen LogP) is 2.25. The molecule has 0 spiro atoms. The lowest BCUT2D eigenvalue weighted by Gasteiger charge is -2.24. The van der Waals surface area contributed by atoms with Crippen LogP contribution >= 0.6 is 0 Å². The van der Waals surface area contributed by atoms with Crippen LogP contribution in [0.25, 0.3) is 0 Å². The highest BCUT2D eigenvalue weighted by Crippen LogP contribution is 2.36. The molecule has 26 heavy (non-hydrogen) atoms. The van der Waals surface area contributed by atoms with E-state index in [4.69, 9.17) is 0 Å². The number of amides is 1. The van der Waals surface area contributed by atoms with Crippen molar-refractivity contribution in [2.24, 2.45) is 0 Å². The Labute approximate surface area is 149 Å². The summed E-state index contributed by atoms with van der Waals surface area (Å²) in [6.07, 6.45) is 1.06. The molecule has 2 N–H and O–H groups in total. The summed E-state index contributed by atoms with van der Waals surface area (Å²) in [5, 5.41) is 13.3. The maximum absolute atomic E-state index is 12.8. The van der Waals surface area contributed by atoms with Gasteiger partial charge in [-0.2, -0.15) is 8.78 Å². The summed E-state index contributed by atoms with van der Waals surface area (Å²) in [5.41, 5.74) is 0.0318. The van der Waals surface area contributed by atoms with Crippen LogP contribution in [-0.4, -0.2) is 31.7 Å². The van der Waals surface area contributed by atoms with E-state index in [2.05, 4.69) is 5.32 Å². The molecule has 0 aromatic heterocycles. The average Bonchev–Trinajstić information content (AvgIpc) is 2.97. The Balaban J connectivity index is 1.83. The lowest BCUT2D eigenvalue weighted by Crippen LogP contribution is -2.39. The van der Waals surface area contributed by atoms with Crippen LogP contribution in [-0.2, 0) is 21.9 Å². The molecule has 1 atom stereocenters. The van der Waals surface area contributed by atoms with Gasteiger partial charge in [0.25, 0.3) is 5.91 Å². The number of hydrogen-bond acceptors (Lipinski definition) is 4. The van der Waals surface area contributed by atoms with Crippen LogP contribution in [0.15, 0.2) is 53.4 Å². The van der Waals surface area contributed by atoms with E-state index in [-0.39, 0.29) is 12.1 Å². The minimum atomic E-state index is -4.91. The standard InChI is InChI=1S/C18H17F2NO4S/c19-17(20)26(24,25)15-8-4-2-6-13(15)16(22)21-11-18(23)10-9-12-5-1-3-7-14(12)18/h1-8,17,23H,9-11H2,(H,21,22)/t18-/m1/s1. The molecule has 0 bridgehead atoms. The van der Waals surface area contributed by atoms with Gasteiger partial charge in [-0.1, -0.05) is 36.4 Å². The van der Waals surface area contributed by atoms with Gasteiger partial charge in [-0.3, -0.25) is 4.79 Å². The van der Waals surface area contributed by atoms with Crippen LogP contribution in [0, 0.1) is 0 Å². The van der Waals surface area contributed by atoms with E-state index in [0.29, 0.717) is 18.4 Å². The number of aliphatic hydroxyl groups is 1. The highest BCUT2D eigenvalue weighted by molar-refractivity contribution is 7.91. The molecule has 3 rings (SSSR count). The fourth-order valence-corrected chi connectivity index (χ4v) is 4.10. The Hall–Kier alpha value is -2.32. The second-order valence-electron chi connectivity index (χ2n) is 6.17. The first-order valence-corrected chi connectivity index (χ1v) is 9.50. The number of sulfone groups is 1. The maximum Gasteiger partial charge on any atom is 0.341 e. The molecule has 1 amide bonds. The monoisotopic (exact) mass is 381 g/mol. The van der Waals surface area contributed by atoms with Crippen LogP contribution < -0.4 is 5.32 Å². The van der Waals surface area contributed by atoms with Crippen molar-refractivity contribution in [2.45, 2.75) is 29.1 Å². The number of hydrogen-bond donors (Lipinski definition) is 2. The van der Waals surface area contributed by atoms with E-state index in [0.717, 1.165) is 17.7 Å². The Bertz CT molecular complexity index is 946. The predicted molar refractivity (Wildman–Crippen MR) is 90.6 cm³/mol. The molecule has 0 saturated carbocycles. The van der Waals surface area contributed by atoms with E-state index in [9.17, 15) is 27.1 Å². The largest absolute Gasteiger partial charge is 0.383 e. The van der Waals surface area contributed by atoms with Crippen LogP contribution in [0.1, 0.15) is 27.9 Å². The van der Waals surface area contributed by atoms with E-state index < -0.39 is 32.0 Å². The highest BCUT2D eigenvalue weighted by Gasteiger charge is 2.37. The number of carbonyl (C=O) groups excluding carboxylic acids is 1. The van der Waals surface area contributed by atoms with Crippen molar-refractivity contribution in [3.05, 3.63) is 65.2 Å². The third-order valence-corrected chi connectivity index (χ3v) is 5.98. The smallest absolute Gasteiger partial charge is 0.341 e. The molecule has 0 radical (unpaired) electrons. The quantitative estimate of drug-likeness (QED) is 0.832. The topological polar surface area (TPSA) is 83.5 Å². The van der Waals surface area contributed by atoms with Crippen molar-refractivity contribution in [3.63, 3.8) is 0 Å². The summed E-state index contributed by atoms with van der Waals surface area (Å²) < 4.78 is 49.2. The number of nitrogens with one attached hydrogen (secondary N) is 1. The summed E-state index contributed by atoms with van der Waals surface area (Å²) in [4.78, 5) is 11.7. The number of halogens is 2. The van der Waals surface area contributed by atoms with Crippen molar-refractivity contribution in [1.82, 2.24) is 5.32 Å². The number of rotatable bonds is 5. The average molecular weight is 381 g/mol. The van der Waals surface area contributed by atoms with Crippen molar-refractivity contribution < 1.29 is 27.1 Å².